The number of anilines is 2. The Kier molecular flexibility index (Phi) is 3.88. The Morgan fingerprint density at radius 3 is 2.61 bits per heavy atom. The van der Waals surface area contributed by atoms with Crippen LogP contribution in [0.5, 0.6) is 0 Å². The van der Waals surface area contributed by atoms with E-state index in [1.165, 1.54) is 6.26 Å². The van der Waals surface area contributed by atoms with Crippen LogP contribution in [-0.2, 0) is 6.54 Å². The van der Waals surface area contributed by atoms with Crippen molar-refractivity contribution in [3.8, 4) is 11.5 Å². The normalized spacial score (nSPS) is 10.4. The third kappa shape index (κ3) is 3.10. The Bertz CT molecular complexity index is 819. The molecule has 0 saturated heterocycles. The van der Waals surface area contributed by atoms with Crippen LogP contribution in [0.2, 0.25) is 0 Å². The van der Waals surface area contributed by atoms with Crippen LogP contribution >= 0.6 is 0 Å². The molecule has 2 heterocycles. The molecule has 23 heavy (non-hydrogen) atoms. The molecule has 0 atom stereocenters. The Hall–Kier alpha value is -3.42. The molecule has 0 unspecified atom stereocenters. The molecular weight excluding hydrogens is 298 g/mol. The van der Waals surface area contributed by atoms with Crippen LogP contribution in [0, 0.1) is 10.1 Å². The third-order valence-electron chi connectivity index (χ3n) is 3.14. The van der Waals surface area contributed by atoms with Crippen LogP contribution in [0.4, 0.5) is 17.5 Å². The van der Waals surface area contributed by atoms with E-state index in [2.05, 4.69) is 15.3 Å². The molecule has 2 aromatic heterocycles. The highest BCUT2D eigenvalue weighted by molar-refractivity contribution is 5.75. The zero-order valence-corrected chi connectivity index (χ0v) is 12.0. The SMILES string of the molecule is Nc1nc(NCc2ccccc2)c([N+](=O)[O-])c(-c2ccco2)n1. The molecule has 0 fully saturated rings. The fourth-order valence-electron chi connectivity index (χ4n) is 2.14. The van der Waals surface area contributed by atoms with Gasteiger partial charge in [0, 0.05) is 6.54 Å². The van der Waals surface area contributed by atoms with E-state index in [0.717, 1.165) is 5.56 Å². The molecule has 116 valence electrons. The highest BCUT2D eigenvalue weighted by atomic mass is 16.6. The lowest BCUT2D eigenvalue weighted by molar-refractivity contribution is -0.383. The van der Waals surface area contributed by atoms with Gasteiger partial charge in [0.05, 0.1) is 11.2 Å². The van der Waals surface area contributed by atoms with Crippen molar-refractivity contribution in [1.82, 2.24) is 9.97 Å². The highest BCUT2D eigenvalue weighted by Crippen LogP contribution is 2.34. The average molecular weight is 311 g/mol. The monoisotopic (exact) mass is 311 g/mol. The van der Waals surface area contributed by atoms with Crippen LogP contribution in [0.25, 0.3) is 11.5 Å². The smallest absolute Gasteiger partial charge is 0.340 e. The first kappa shape index (κ1) is 14.5. The molecule has 0 aliphatic rings. The van der Waals surface area contributed by atoms with E-state index in [4.69, 9.17) is 10.2 Å². The second-order valence-corrected chi connectivity index (χ2v) is 4.70. The van der Waals surface area contributed by atoms with E-state index >= 15 is 0 Å². The van der Waals surface area contributed by atoms with Gasteiger partial charge in [-0.15, -0.1) is 0 Å². The van der Waals surface area contributed by atoms with Gasteiger partial charge in [0.15, 0.2) is 11.5 Å². The number of hydrogen-bond donors (Lipinski definition) is 2. The Balaban J connectivity index is 2.00. The summed E-state index contributed by atoms with van der Waals surface area (Å²) in [6.07, 6.45) is 1.41. The maximum atomic E-state index is 11.5. The van der Waals surface area contributed by atoms with Gasteiger partial charge in [-0.25, -0.2) is 4.98 Å². The lowest BCUT2D eigenvalue weighted by Gasteiger charge is -2.09. The largest absolute Gasteiger partial charge is 0.462 e. The van der Waals surface area contributed by atoms with Gasteiger partial charge in [0.1, 0.15) is 0 Å². The number of nitrogens with one attached hydrogen (secondary N) is 1. The summed E-state index contributed by atoms with van der Waals surface area (Å²) >= 11 is 0. The first-order valence-electron chi connectivity index (χ1n) is 6.78. The van der Waals surface area contributed by atoms with E-state index < -0.39 is 4.92 Å². The van der Waals surface area contributed by atoms with Crippen molar-refractivity contribution in [2.24, 2.45) is 0 Å². The van der Waals surface area contributed by atoms with Crippen molar-refractivity contribution < 1.29 is 9.34 Å². The topological polar surface area (TPSA) is 120 Å². The van der Waals surface area contributed by atoms with Crippen LogP contribution in [0.1, 0.15) is 5.56 Å². The average Bonchev–Trinajstić information content (AvgIpc) is 3.07. The van der Waals surface area contributed by atoms with E-state index in [-0.39, 0.29) is 28.9 Å². The number of hydrogen-bond acceptors (Lipinski definition) is 7. The number of rotatable bonds is 5. The van der Waals surface area contributed by atoms with Crippen LogP contribution in [-0.4, -0.2) is 14.9 Å². The maximum absolute atomic E-state index is 11.5. The van der Waals surface area contributed by atoms with Crippen molar-refractivity contribution in [1.29, 1.82) is 0 Å². The Labute approximate surface area is 131 Å². The first-order chi connectivity index (χ1) is 11.1. The minimum atomic E-state index is -0.551. The van der Waals surface area contributed by atoms with Crippen molar-refractivity contribution in [3.05, 3.63) is 64.4 Å². The van der Waals surface area contributed by atoms with Crippen molar-refractivity contribution in [3.63, 3.8) is 0 Å². The van der Waals surface area contributed by atoms with Gasteiger partial charge in [-0.1, -0.05) is 30.3 Å². The second-order valence-electron chi connectivity index (χ2n) is 4.70. The van der Waals surface area contributed by atoms with Crippen molar-refractivity contribution in [2.75, 3.05) is 11.1 Å². The summed E-state index contributed by atoms with van der Waals surface area (Å²) in [7, 11) is 0. The molecule has 0 aliphatic heterocycles. The van der Waals surface area contributed by atoms with E-state index in [1.807, 2.05) is 30.3 Å². The summed E-state index contributed by atoms with van der Waals surface area (Å²) in [5.41, 5.74) is 6.41. The molecule has 0 amide bonds. The minimum Gasteiger partial charge on any atom is -0.462 e. The summed E-state index contributed by atoms with van der Waals surface area (Å²) in [6.45, 7) is 0.371. The Morgan fingerprint density at radius 1 is 1.17 bits per heavy atom. The van der Waals surface area contributed by atoms with Crippen LogP contribution in [0.3, 0.4) is 0 Å². The molecule has 1 aromatic carbocycles. The number of nitrogens with two attached hydrogens (primary N) is 1. The molecule has 8 nitrogen and oxygen atoms in total. The van der Waals surface area contributed by atoms with E-state index in [1.54, 1.807) is 12.1 Å². The molecule has 3 N–H and O–H groups in total. The quantitative estimate of drug-likeness (QED) is 0.549. The summed E-state index contributed by atoms with van der Waals surface area (Å²) < 4.78 is 5.21. The van der Waals surface area contributed by atoms with Gasteiger partial charge in [-0.3, -0.25) is 10.1 Å². The number of nitrogens with zero attached hydrogens (tertiary/aromatic N) is 3. The number of benzene rings is 1. The predicted molar refractivity (Wildman–Crippen MR) is 84.6 cm³/mol. The van der Waals surface area contributed by atoms with Gasteiger partial charge in [0.2, 0.25) is 11.8 Å². The molecule has 3 rings (SSSR count). The second kappa shape index (κ2) is 6.14. The van der Waals surface area contributed by atoms with Crippen molar-refractivity contribution >= 4 is 17.5 Å². The van der Waals surface area contributed by atoms with Gasteiger partial charge in [-0.05, 0) is 17.7 Å². The number of furan rings is 1. The zero-order valence-electron chi connectivity index (χ0n) is 12.0. The fraction of sp³-hybridized carbons (Fsp3) is 0.0667. The number of nitrogen functional groups attached to an aromatic ring is 1. The molecule has 3 aromatic rings. The lowest BCUT2D eigenvalue weighted by Crippen LogP contribution is -2.09. The number of aromatic nitrogens is 2. The van der Waals surface area contributed by atoms with Crippen molar-refractivity contribution in [2.45, 2.75) is 6.54 Å². The molecule has 8 heteroatoms. The molecular formula is C15H13N5O3. The van der Waals surface area contributed by atoms with Gasteiger partial charge in [-0.2, -0.15) is 4.98 Å². The first-order valence-corrected chi connectivity index (χ1v) is 6.78. The van der Waals surface area contributed by atoms with E-state index in [0.29, 0.717) is 6.54 Å². The van der Waals surface area contributed by atoms with Gasteiger partial charge >= 0.3 is 5.69 Å². The molecule has 0 spiro atoms. The molecule has 0 saturated carbocycles. The highest BCUT2D eigenvalue weighted by Gasteiger charge is 2.26. The Morgan fingerprint density at radius 2 is 1.96 bits per heavy atom. The van der Waals surface area contributed by atoms with Gasteiger partial charge < -0.3 is 15.5 Å². The molecule has 0 bridgehead atoms. The molecule has 0 radical (unpaired) electrons. The summed E-state index contributed by atoms with van der Waals surface area (Å²) in [5, 5.41) is 14.4. The van der Waals surface area contributed by atoms with Crippen LogP contribution in [0.15, 0.2) is 53.1 Å². The maximum Gasteiger partial charge on any atom is 0.340 e. The van der Waals surface area contributed by atoms with Gasteiger partial charge in [0.25, 0.3) is 0 Å². The summed E-state index contributed by atoms with van der Waals surface area (Å²) in [6, 6.07) is 12.7. The zero-order chi connectivity index (χ0) is 16.2. The third-order valence-corrected chi connectivity index (χ3v) is 3.14. The predicted octanol–water partition coefficient (Wildman–Crippen LogP) is 2.84. The lowest BCUT2D eigenvalue weighted by atomic mass is 10.2. The minimum absolute atomic E-state index is 0.0445. The van der Waals surface area contributed by atoms with Crippen LogP contribution < -0.4 is 11.1 Å². The van der Waals surface area contributed by atoms with E-state index in [9.17, 15) is 10.1 Å². The summed E-state index contributed by atoms with van der Waals surface area (Å²) in [5.74, 6) is 0.240. The molecule has 0 aliphatic carbocycles. The fourth-order valence-corrected chi connectivity index (χ4v) is 2.14. The number of nitro groups is 1. The standard InChI is InChI=1S/C15H13N5O3/c16-15-18-12(11-7-4-8-23-11)13(20(21)22)14(19-15)17-9-10-5-2-1-3-6-10/h1-8H,9H2,(H3,16,17,18,19). The summed E-state index contributed by atoms with van der Waals surface area (Å²) in [4.78, 5) is 18.8.